The van der Waals surface area contributed by atoms with Crippen LogP contribution in [0.5, 0.6) is 0 Å². The van der Waals surface area contributed by atoms with Crippen LogP contribution >= 0.6 is 0 Å². The Hall–Kier alpha value is -1.94. The van der Waals surface area contributed by atoms with Gasteiger partial charge in [0.15, 0.2) is 0 Å². The van der Waals surface area contributed by atoms with Crippen LogP contribution < -0.4 is 5.32 Å². The fourth-order valence-corrected chi connectivity index (χ4v) is 1.88. The lowest BCUT2D eigenvalue weighted by molar-refractivity contribution is -0.119. The molecule has 2 aromatic rings. The first-order valence-corrected chi connectivity index (χ1v) is 6.32. The average Bonchev–Trinajstić information content (AvgIpc) is 2.37. The van der Waals surface area contributed by atoms with Gasteiger partial charge >= 0.3 is 0 Å². The quantitative estimate of drug-likeness (QED) is 0.918. The van der Waals surface area contributed by atoms with Gasteiger partial charge in [-0.1, -0.05) is 18.2 Å². The summed E-state index contributed by atoms with van der Waals surface area (Å²) >= 11 is 0. The highest BCUT2D eigenvalue weighted by Gasteiger charge is 2.16. The maximum Gasteiger partial charge on any atom is 0.241 e. The van der Waals surface area contributed by atoms with Gasteiger partial charge < -0.3 is 5.32 Å². The summed E-state index contributed by atoms with van der Waals surface area (Å²) in [6.07, 6.45) is 0. The van der Waals surface area contributed by atoms with E-state index >= 15 is 0 Å². The zero-order chi connectivity index (χ0) is 14.0. The van der Waals surface area contributed by atoms with Crippen molar-refractivity contribution in [1.82, 2.24) is 9.88 Å². The number of aryl methyl sites for hydroxylation is 1. The summed E-state index contributed by atoms with van der Waals surface area (Å²) in [5.41, 5.74) is 2.61. The Labute approximate surface area is 113 Å². The largest absolute Gasteiger partial charge is 0.324 e. The van der Waals surface area contributed by atoms with Gasteiger partial charge in [-0.05, 0) is 40.1 Å². The molecule has 0 unspecified atom stereocenters. The minimum atomic E-state index is -0.174. The Morgan fingerprint density at radius 3 is 2.68 bits per heavy atom. The molecule has 0 radical (unpaired) electrons. The zero-order valence-corrected chi connectivity index (χ0v) is 11.8. The van der Waals surface area contributed by atoms with Gasteiger partial charge in [0, 0.05) is 11.1 Å². The summed E-state index contributed by atoms with van der Waals surface area (Å²) in [6.45, 7) is 3.81. The zero-order valence-electron chi connectivity index (χ0n) is 11.8. The Morgan fingerprint density at radius 2 is 2.00 bits per heavy atom. The molecule has 0 saturated carbocycles. The van der Waals surface area contributed by atoms with Gasteiger partial charge in [-0.25, -0.2) is 0 Å². The number of fused-ring (bicyclic) bond motifs is 1. The van der Waals surface area contributed by atoms with Crippen LogP contribution in [-0.2, 0) is 4.79 Å². The molecule has 0 aliphatic rings. The summed E-state index contributed by atoms with van der Waals surface area (Å²) in [5.74, 6) is -0.0132. The summed E-state index contributed by atoms with van der Waals surface area (Å²) in [7, 11) is 3.78. The smallest absolute Gasteiger partial charge is 0.241 e. The third-order valence-electron chi connectivity index (χ3n) is 3.26. The molecule has 4 heteroatoms. The van der Waals surface area contributed by atoms with Gasteiger partial charge in [0.1, 0.15) is 0 Å². The molecule has 1 aromatic heterocycles. The maximum atomic E-state index is 12.1. The Balaban J connectivity index is 2.37. The molecule has 0 fully saturated rings. The molecule has 1 amide bonds. The highest BCUT2D eigenvalue weighted by molar-refractivity contribution is 6.02. The van der Waals surface area contributed by atoms with Crippen LogP contribution in [0.3, 0.4) is 0 Å². The van der Waals surface area contributed by atoms with Crippen LogP contribution in [0.25, 0.3) is 10.9 Å². The molecule has 0 spiro atoms. The summed E-state index contributed by atoms with van der Waals surface area (Å²) < 4.78 is 0. The van der Waals surface area contributed by atoms with E-state index < -0.39 is 0 Å². The number of carbonyl (C=O) groups is 1. The van der Waals surface area contributed by atoms with Gasteiger partial charge in [-0.2, -0.15) is 0 Å². The van der Waals surface area contributed by atoms with Crippen LogP contribution in [0.4, 0.5) is 5.69 Å². The molecule has 1 atom stereocenters. The van der Waals surface area contributed by atoms with E-state index in [0.717, 1.165) is 22.3 Å². The number of nitrogens with zero attached hydrogens (tertiary/aromatic N) is 2. The SMILES string of the molecule is Cc1cc(NC(=O)[C@H](C)N(C)C)c2ccccc2n1. The first kappa shape index (κ1) is 13.5. The third kappa shape index (κ3) is 2.90. The normalized spacial score (nSPS) is 12.7. The average molecular weight is 257 g/mol. The molecule has 19 heavy (non-hydrogen) atoms. The van der Waals surface area contributed by atoms with Crippen molar-refractivity contribution >= 4 is 22.5 Å². The number of pyridine rings is 1. The predicted octanol–water partition coefficient (Wildman–Crippen LogP) is 2.43. The minimum Gasteiger partial charge on any atom is -0.324 e. The molecule has 4 nitrogen and oxygen atoms in total. The van der Waals surface area contributed by atoms with Crippen molar-refractivity contribution in [2.75, 3.05) is 19.4 Å². The minimum absolute atomic E-state index is 0.0132. The number of hydrogen-bond donors (Lipinski definition) is 1. The van der Waals surface area contributed by atoms with Gasteiger partial charge in [-0.3, -0.25) is 14.7 Å². The van der Waals surface area contributed by atoms with Crippen LogP contribution in [0.2, 0.25) is 0 Å². The van der Waals surface area contributed by atoms with E-state index in [1.54, 1.807) is 0 Å². The molecule has 1 N–H and O–H groups in total. The Morgan fingerprint density at radius 1 is 1.32 bits per heavy atom. The number of carbonyl (C=O) groups excluding carboxylic acids is 1. The lowest BCUT2D eigenvalue weighted by atomic mass is 10.1. The number of anilines is 1. The first-order valence-electron chi connectivity index (χ1n) is 6.32. The van der Waals surface area contributed by atoms with Crippen LogP contribution in [0, 0.1) is 6.92 Å². The number of amides is 1. The molecule has 1 aromatic carbocycles. The standard InChI is InChI=1S/C15H19N3O/c1-10-9-14(17-15(19)11(2)18(3)4)12-7-5-6-8-13(12)16-10/h5-9,11H,1-4H3,(H,16,17,19)/t11-/m0/s1. The van der Waals surface area contributed by atoms with E-state index in [2.05, 4.69) is 10.3 Å². The van der Waals surface area contributed by atoms with E-state index in [0.29, 0.717) is 0 Å². The lowest BCUT2D eigenvalue weighted by Crippen LogP contribution is -2.37. The van der Waals surface area contributed by atoms with Crippen molar-refractivity contribution in [3.63, 3.8) is 0 Å². The van der Waals surface area contributed by atoms with E-state index in [1.165, 1.54) is 0 Å². The van der Waals surface area contributed by atoms with Gasteiger partial charge in [0.2, 0.25) is 5.91 Å². The number of likely N-dealkylation sites (N-methyl/N-ethyl adjacent to an activating group) is 1. The van der Waals surface area contributed by atoms with E-state index in [9.17, 15) is 4.79 Å². The van der Waals surface area contributed by atoms with Crippen molar-refractivity contribution in [2.45, 2.75) is 19.9 Å². The highest BCUT2D eigenvalue weighted by Crippen LogP contribution is 2.23. The second-order valence-electron chi connectivity index (χ2n) is 4.96. The first-order chi connectivity index (χ1) is 8.99. The van der Waals surface area contributed by atoms with Crippen molar-refractivity contribution in [3.05, 3.63) is 36.0 Å². The van der Waals surface area contributed by atoms with Gasteiger partial charge in [-0.15, -0.1) is 0 Å². The monoisotopic (exact) mass is 257 g/mol. The van der Waals surface area contributed by atoms with E-state index in [-0.39, 0.29) is 11.9 Å². The van der Waals surface area contributed by atoms with Gasteiger partial charge in [0.25, 0.3) is 0 Å². The van der Waals surface area contributed by atoms with Crippen molar-refractivity contribution in [1.29, 1.82) is 0 Å². The van der Waals surface area contributed by atoms with Crippen molar-refractivity contribution in [3.8, 4) is 0 Å². The topological polar surface area (TPSA) is 45.2 Å². The van der Waals surface area contributed by atoms with Crippen molar-refractivity contribution in [2.24, 2.45) is 0 Å². The Kier molecular flexibility index (Phi) is 3.81. The van der Waals surface area contributed by atoms with Crippen LogP contribution in [-0.4, -0.2) is 35.9 Å². The molecular formula is C15H19N3O. The van der Waals surface area contributed by atoms with Crippen molar-refractivity contribution < 1.29 is 4.79 Å². The predicted molar refractivity (Wildman–Crippen MR) is 78.3 cm³/mol. The number of nitrogens with one attached hydrogen (secondary N) is 1. The van der Waals surface area contributed by atoms with Crippen LogP contribution in [0.15, 0.2) is 30.3 Å². The highest BCUT2D eigenvalue weighted by atomic mass is 16.2. The molecule has 0 aliphatic carbocycles. The molecule has 0 aliphatic heterocycles. The molecule has 0 saturated heterocycles. The summed E-state index contributed by atoms with van der Waals surface area (Å²) in [6, 6.07) is 9.55. The summed E-state index contributed by atoms with van der Waals surface area (Å²) in [5, 5.41) is 3.95. The van der Waals surface area contributed by atoms with E-state index in [4.69, 9.17) is 0 Å². The molecular weight excluding hydrogens is 238 g/mol. The van der Waals surface area contributed by atoms with Crippen LogP contribution in [0.1, 0.15) is 12.6 Å². The molecule has 100 valence electrons. The number of hydrogen-bond acceptors (Lipinski definition) is 3. The second-order valence-corrected chi connectivity index (χ2v) is 4.96. The lowest BCUT2D eigenvalue weighted by Gasteiger charge is -2.19. The maximum absolute atomic E-state index is 12.1. The summed E-state index contributed by atoms with van der Waals surface area (Å²) in [4.78, 5) is 18.5. The van der Waals surface area contributed by atoms with E-state index in [1.807, 2.05) is 63.2 Å². The number of para-hydroxylation sites is 1. The van der Waals surface area contributed by atoms with Gasteiger partial charge in [0.05, 0.1) is 17.2 Å². The second kappa shape index (κ2) is 5.36. The molecule has 0 bridgehead atoms. The molecule has 2 rings (SSSR count). The fraction of sp³-hybridized carbons (Fsp3) is 0.333. The Bertz CT molecular complexity index is 607. The molecule has 1 heterocycles. The number of benzene rings is 1. The fourth-order valence-electron chi connectivity index (χ4n) is 1.88. The number of rotatable bonds is 3. The third-order valence-corrected chi connectivity index (χ3v) is 3.26. The number of aromatic nitrogens is 1.